The summed E-state index contributed by atoms with van der Waals surface area (Å²) in [6.45, 7) is 18.0. The first kappa shape index (κ1) is 66.6. The average Bonchev–Trinajstić information content (AvgIpc) is 3.89. The number of thiol groups is 1. The van der Waals surface area contributed by atoms with Crippen molar-refractivity contribution in [3.05, 3.63) is 54.1 Å². The van der Waals surface area contributed by atoms with Gasteiger partial charge in [-0.05, 0) is 60.8 Å². The minimum Gasteiger partial charge on any atom is -0.480 e. The maximum atomic E-state index is 14.5. The summed E-state index contributed by atoms with van der Waals surface area (Å²) < 4.78 is 0. The zero-order chi connectivity index (χ0) is 58.1. The number of imidazole rings is 1. The Morgan fingerprint density at radius 3 is 1.39 bits per heavy atom. The van der Waals surface area contributed by atoms with Gasteiger partial charge in [-0.15, -0.1) is 0 Å². The van der Waals surface area contributed by atoms with Crippen LogP contribution in [0.1, 0.15) is 125 Å². The SMILES string of the molecule is CC[C@H](C)[C@H](NC(=O)[C@@H](NC(=O)[C@H](CC(C)C)NC(=O)[C@H](CS)NC(=O)[C@H](CC(C)C)NC(=O)[C@H](Cc1cnc[nH]1)NC(=O)[C@H](Cc1ccccc1)NC(=O)[C@H](CC(C)C)NC(=O)[C@@H](N)CCC(N)=O)[C@@H](C)CC)C(=O)O. The Morgan fingerprint density at radius 2 is 0.961 bits per heavy atom. The van der Waals surface area contributed by atoms with E-state index in [1.807, 2.05) is 48.5 Å². The topological polar surface area (TPSA) is 368 Å². The lowest BCUT2D eigenvalue weighted by Crippen LogP contribution is -2.61. The van der Waals surface area contributed by atoms with E-state index in [9.17, 15) is 53.1 Å². The number of nitrogens with zero attached hydrogens (tertiary/aromatic N) is 1. The summed E-state index contributed by atoms with van der Waals surface area (Å²) in [5.74, 6) is -9.30. The maximum absolute atomic E-state index is 14.5. The Balaban J connectivity index is 2.44. The highest BCUT2D eigenvalue weighted by Gasteiger charge is 2.37. The van der Waals surface area contributed by atoms with Crippen LogP contribution in [0.25, 0.3) is 0 Å². The molecule has 0 spiro atoms. The molecule has 14 N–H and O–H groups in total. The molecule has 0 radical (unpaired) electrons. The van der Waals surface area contributed by atoms with Crippen molar-refractivity contribution in [2.45, 2.75) is 181 Å². The van der Waals surface area contributed by atoms with Crippen LogP contribution in [0.3, 0.4) is 0 Å². The standard InChI is InChI=1S/C53H86N12O11S/c1-11-31(9)43(52(74)65-44(53(75)76)32(10)12-2)64-50(72)38(22-30(7)8)60-51(73)41(26-77)63-47(69)37(21-29(5)6)59-49(71)40(24-34-25-56-27-57-34)62-48(70)39(23-33-16-14-13-15-17-33)61-46(68)36(20-28(3)4)58-45(67)35(54)18-19-42(55)66/h13-17,25,27-32,35-41,43-44,77H,11-12,18-24,26,54H2,1-10H3,(H2,55,66)(H,56,57)(H,58,67)(H,59,71)(H,60,73)(H,61,68)(H,62,70)(H,63,69)(H,64,72)(H,65,74)(H,75,76)/t31-,32-,35-,36-,37-,38-,39-,40-,41-,43-,44-/m0/s1. The van der Waals surface area contributed by atoms with Crippen LogP contribution in [0.4, 0.5) is 0 Å². The van der Waals surface area contributed by atoms with Crippen molar-refractivity contribution in [3.63, 3.8) is 0 Å². The Hall–Kier alpha value is -6.56. The largest absolute Gasteiger partial charge is 0.480 e. The second kappa shape index (κ2) is 33.6. The number of rotatable bonds is 35. The molecule has 0 bridgehead atoms. The third-order valence-corrected chi connectivity index (χ3v) is 13.3. The van der Waals surface area contributed by atoms with Gasteiger partial charge in [-0.3, -0.25) is 43.2 Å². The molecule has 77 heavy (non-hydrogen) atoms. The van der Waals surface area contributed by atoms with Crippen molar-refractivity contribution in [1.82, 2.24) is 52.5 Å². The molecule has 2 rings (SSSR count). The molecule has 0 aliphatic rings. The molecule has 23 nitrogen and oxygen atoms in total. The summed E-state index contributed by atoms with van der Waals surface area (Å²) >= 11 is 4.35. The Kier molecular flexibility index (Phi) is 29.0. The number of amides is 9. The first-order valence-corrected chi connectivity index (χ1v) is 27.2. The molecule has 0 unspecified atom stereocenters. The molecule has 1 aromatic heterocycles. The average molecular weight is 1100 g/mol. The third-order valence-electron chi connectivity index (χ3n) is 13.0. The molecule has 1 aromatic carbocycles. The predicted octanol–water partition coefficient (Wildman–Crippen LogP) is 0.911. The highest BCUT2D eigenvalue weighted by atomic mass is 32.1. The van der Waals surface area contributed by atoms with Crippen molar-refractivity contribution >= 4 is 71.8 Å². The number of carboxylic acid groups (broad SMARTS) is 1. The molecule has 2 aromatic rings. The normalized spacial score (nSPS) is 15.7. The van der Waals surface area contributed by atoms with E-state index < -0.39 is 125 Å². The van der Waals surface area contributed by atoms with Crippen LogP contribution in [0.2, 0.25) is 0 Å². The lowest BCUT2D eigenvalue weighted by Gasteiger charge is -2.30. The Morgan fingerprint density at radius 1 is 0.558 bits per heavy atom. The molecule has 0 aliphatic carbocycles. The lowest BCUT2D eigenvalue weighted by atomic mass is 9.94. The van der Waals surface area contributed by atoms with Crippen LogP contribution < -0.4 is 54.0 Å². The number of H-pyrrole nitrogens is 1. The number of nitrogens with one attached hydrogen (secondary N) is 9. The van der Waals surface area contributed by atoms with Gasteiger partial charge in [0.05, 0.1) is 12.4 Å². The van der Waals surface area contributed by atoms with Gasteiger partial charge in [-0.2, -0.15) is 12.6 Å². The van der Waals surface area contributed by atoms with Gasteiger partial charge in [0.1, 0.15) is 48.3 Å². The lowest BCUT2D eigenvalue weighted by molar-refractivity contribution is -0.144. The van der Waals surface area contributed by atoms with E-state index in [4.69, 9.17) is 11.5 Å². The van der Waals surface area contributed by atoms with E-state index in [1.165, 1.54) is 12.5 Å². The van der Waals surface area contributed by atoms with Crippen molar-refractivity contribution in [2.75, 3.05) is 5.75 Å². The molecule has 0 saturated carbocycles. The second-order valence-corrected chi connectivity index (χ2v) is 21.5. The molecule has 24 heteroatoms. The number of aromatic nitrogens is 2. The number of carboxylic acids is 1. The predicted molar refractivity (Wildman–Crippen MR) is 293 cm³/mol. The van der Waals surface area contributed by atoms with Crippen molar-refractivity contribution in [3.8, 4) is 0 Å². The summed E-state index contributed by atoms with van der Waals surface area (Å²) in [5, 5.41) is 31.4. The van der Waals surface area contributed by atoms with Gasteiger partial charge in [-0.25, -0.2) is 9.78 Å². The van der Waals surface area contributed by atoms with Gasteiger partial charge in [0, 0.05) is 36.9 Å². The van der Waals surface area contributed by atoms with Gasteiger partial charge in [0.25, 0.3) is 0 Å². The van der Waals surface area contributed by atoms with E-state index >= 15 is 0 Å². The summed E-state index contributed by atoms with van der Waals surface area (Å²) in [7, 11) is 0. The van der Waals surface area contributed by atoms with Crippen LogP contribution in [-0.4, -0.2) is 134 Å². The Labute approximate surface area is 458 Å². The van der Waals surface area contributed by atoms with E-state index in [1.54, 1.807) is 51.1 Å². The quantitative estimate of drug-likeness (QED) is 0.0428. The van der Waals surface area contributed by atoms with Gasteiger partial charge in [0.15, 0.2) is 0 Å². The number of benzene rings is 1. The highest BCUT2D eigenvalue weighted by Crippen LogP contribution is 2.16. The molecule has 0 aliphatic heterocycles. The zero-order valence-electron chi connectivity index (χ0n) is 46.3. The minimum atomic E-state index is -1.37. The highest BCUT2D eigenvalue weighted by molar-refractivity contribution is 7.80. The Bertz CT molecular complexity index is 2250. The van der Waals surface area contributed by atoms with Gasteiger partial charge >= 0.3 is 5.97 Å². The number of nitrogens with two attached hydrogens (primary N) is 2. The molecule has 0 saturated heterocycles. The number of carbonyl (C=O) groups is 10. The summed E-state index contributed by atoms with van der Waals surface area (Å²) in [5.41, 5.74) is 12.3. The monoisotopic (exact) mass is 1100 g/mol. The minimum absolute atomic E-state index is 0.0398. The summed E-state index contributed by atoms with van der Waals surface area (Å²) in [4.78, 5) is 142. The molecular formula is C53H86N12O11S. The molecular weight excluding hydrogens is 1010 g/mol. The maximum Gasteiger partial charge on any atom is 0.326 e. The number of aromatic amines is 1. The van der Waals surface area contributed by atoms with E-state index in [0.717, 1.165) is 0 Å². The van der Waals surface area contributed by atoms with E-state index in [0.29, 0.717) is 24.1 Å². The summed E-state index contributed by atoms with van der Waals surface area (Å²) in [6, 6.07) is -2.35. The smallest absolute Gasteiger partial charge is 0.326 e. The van der Waals surface area contributed by atoms with Crippen molar-refractivity contribution in [2.24, 2.45) is 41.1 Å². The second-order valence-electron chi connectivity index (χ2n) is 21.1. The van der Waals surface area contributed by atoms with Crippen LogP contribution >= 0.6 is 12.6 Å². The fourth-order valence-electron chi connectivity index (χ4n) is 8.14. The molecule has 9 amide bonds. The molecule has 0 fully saturated rings. The zero-order valence-corrected chi connectivity index (χ0v) is 47.2. The molecule has 11 atom stereocenters. The van der Waals surface area contributed by atoms with Gasteiger partial charge in [-0.1, -0.05) is 112 Å². The van der Waals surface area contributed by atoms with Crippen LogP contribution in [0, 0.1) is 29.6 Å². The number of primary amides is 1. The first-order chi connectivity index (χ1) is 36.2. The first-order valence-electron chi connectivity index (χ1n) is 26.5. The van der Waals surface area contributed by atoms with Crippen molar-refractivity contribution < 1.29 is 53.1 Å². The van der Waals surface area contributed by atoms with Crippen LogP contribution in [-0.2, 0) is 60.8 Å². The third kappa shape index (κ3) is 23.7. The number of hydrogen-bond acceptors (Lipinski definition) is 13. The fourth-order valence-corrected chi connectivity index (χ4v) is 8.40. The van der Waals surface area contributed by atoms with Crippen molar-refractivity contribution in [1.29, 1.82) is 0 Å². The fraction of sp³-hybridized carbons (Fsp3) is 0.642. The van der Waals surface area contributed by atoms with E-state index in [2.05, 4.69) is 65.1 Å². The van der Waals surface area contributed by atoms with Gasteiger partial charge < -0.3 is 64.1 Å². The van der Waals surface area contributed by atoms with Crippen LogP contribution in [0.15, 0.2) is 42.9 Å². The summed E-state index contributed by atoms with van der Waals surface area (Å²) in [6.07, 6.45) is 3.72. The number of hydrogen-bond donors (Lipinski definition) is 13. The van der Waals surface area contributed by atoms with Crippen LogP contribution in [0.5, 0.6) is 0 Å². The number of carbonyl (C=O) groups excluding carboxylic acids is 9. The van der Waals surface area contributed by atoms with E-state index in [-0.39, 0.29) is 68.5 Å². The molecule has 1 heterocycles. The van der Waals surface area contributed by atoms with Gasteiger partial charge in [0.2, 0.25) is 53.2 Å². The molecule has 430 valence electrons. The number of aliphatic carboxylic acids is 1.